The fraction of sp³-hybridized carbons (Fsp3) is 0.538. The van der Waals surface area contributed by atoms with Crippen LogP contribution in [0.1, 0.15) is 12.5 Å². The Kier molecular flexibility index (Phi) is 3.97. The van der Waals surface area contributed by atoms with Crippen LogP contribution in [-0.2, 0) is 6.54 Å². The van der Waals surface area contributed by atoms with Gasteiger partial charge in [0.15, 0.2) is 11.6 Å². The molecule has 1 heterocycles. The van der Waals surface area contributed by atoms with Crippen LogP contribution in [0.15, 0.2) is 18.2 Å². The molecular formula is C13H19FN2O. The van der Waals surface area contributed by atoms with Crippen molar-refractivity contribution in [1.29, 1.82) is 0 Å². The van der Waals surface area contributed by atoms with E-state index in [2.05, 4.69) is 17.1 Å². The van der Waals surface area contributed by atoms with Crippen molar-refractivity contribution in [3.8, 4) is 5.75 Å². The minimum Gasteiger partial charge on any atom is -0.493 e. The van der Waals surface area contributed by atoms with Gasteiger partial charge in [0.2, 0.25) is 0 Å². The van der Waals surface area contributed by atoms with Gasteiger partial charge < -0.3 is 10.1 Å². The summed E-state index contributed by atoms with van der Waals surface area (Å²) in [4.78, 5) is 2.34. The normalized spacial score (nSPS) is 21.5. The van der Waals surface area contributed by atoms with Crippen LogP contribution in [0.4, 0.5) is 4.39 Å². The Morgan fingerprint density at radius 2 is 2.35 bits per heavy atom. The van der Waals surface area contributed by atoms with Crippen molar-refractivity contribution in [2.24, 2.45) is 0 Å². The first-order valence-corrected chi connectivity index (χ1v) is 5.98. The van der Waals surface area contributed by atoms with E-state index in [4.69, 9.17) is 4.74 Å². The van der Waals surface area contributed by atoms with Gasteiger partial charge in [-0.25, -0.2) is 4.39 Å². The molecule has 1 aliphatic heterocycles. The molecule has 0 saturated carbocycles. The summed E-state index contributed by atoms with van der Waals surface area (Å²) in [6.45, 7) is 5.88. The number of nitrogens with zero attached hydrogens (tertiary/aromatic N) is 1. The maximum absolute atomic E-state index is 13.5. The SMILES string of the molecule is COc1c(F)cccc1CN1CCNC[C@H]1C. The van der Waals surface area contributed by atoms with E-state index in [1.807, 2.05) is 6.07 Å². The van der Waals surface area contributed by atoms with Gasteiger partial charge in [-0.05, 0) is 13.0 Å². The lowest BCUT2D eigenvalue weighted by Crippen LogP contribution is -2.49. The van der Waals surface area contributed by atoms with Crippen LogP contribution in [0, 0.1) is 5.82 Å². The molecule has 0 radical (unpaired) electrons. The number of nitrogens with one attached hydrogen (secondary N) is 1. The zero-order chi connectivity index (χ0) is 12.3. The Balaban J connectivity index is 2.14. The van der Waals surface area contributed by atoms with Crippen LogP contribution in [-0.4, -0.2) is 37.7 Å². The third-order valence-electron chi connectivity index (χ3n) is 3.26. The van der Waals surface area contributed by atoms with E-state index in [1.165, 1.54) is 13.2 Å². The molecule has 1 N–H and O–H groups in total. The third-order valence-corrected chi connectivity index (χ3v) is 3.26. The van der Waals surface area contributed by atoms with Crippen LogP contribution in [0.25, 0.3) is 0 Å². The second-order valence-electron chi connectivity index (χ2n) is 4.46. The van der Waals surface area contributed by atoms with Crippen molar-refractivity contribution in [3.63, 3.8) is 0 Å². The highest BCUT2D eigenvalue weighted by Crippen LogP contribution is 2.24. The summed E-state index contributed by atoms with van der Waals surface area (Å²) in [5.74, 6) is 0.0889. The van der Waals surface area contributed by atoms with Crippen LogP contribution < -0.4 is 10.1 Å². The lowest BCUT2D eigenvalue weighted by molar-refractivity contribution is 0.163. The number of hydrogen-bond donors (Lipinski definition) is 1. The van der Waals surface area contributed by atoms with E-state index in [0.717, 1.165) is 31.7 Å². The van der Waals surface area contributed by atoms with Gasteiger partial charge in [-0.2, -0.15) is 0 Å². The Morgan fingerprint density at radius 3 is 3.06 bits per heavy atom. The number of rotatable bonds is 3. The molecule has 0 aliphatic carbocycles. The molecule has 1 aliphatic rings. The summed E-state index contributed by atoms with van der Waals surface area (Å²) in [5, 5.41) is 3.34. The fourth-order valence-corrected chi connectivity index (χ4v) is 2.24. The highest BCUT2D eigenvalue weighted by Gasteiger charge is 2.20. The average molecular weight is 238 g/mol. The Bertz CT molecular complexity index is 384. The number of halogens is 1. The Hall–Kier alpha value is -1.13. The molecule has 1 aromatic carbocycles. The summed E-state index contributed by atoms with van der Waals surface area (Å²) in [6, 6.07) is 5.57. The zero-order valence-electron chi connectivity index (χ0n) is 10.4. The first-order valence-electron chi connectivity index (χ1n) is 5.98. The number of piperazine rings is 1. The molecule has 0 aromatic heterocycles. The molecule has 2 rings (SSSR count). The monoisotopic (exact) mass is 238 g/mol. The Morgan fingerprint density at radius 1 is 1.53 bits per heavy atom. The second kappa shape index (κ2) is 5.47. The van der Waals surface area contributed by atoms with Gasteiger partial charge in [-0.3, -0.25) is 4.90 Å². The lowest BCUT2D eigenvalue weighted by Gasteiger charge is -2.34. The topological polar surface area (TPSA) is 24.5 Å². The first kappa shape index (κ1) is 12.3. The molecule has 1 aromatic rings. The molecule has 1 fully saturated rings. The molecule has 17 heavy (non-hydrogen) atoms. The standard InChI is InChI=1S/C13H19FN2O/c1-10-8-15-6-7-16(10)9-11-4-3-5-12(14)13(11)17-2/h3-5,10,15H,6-9H2,1-2H3/t10-/m1/s1. The van der Waals surface area contributed by atoms with Crippen molar-refractivity contribution in [3.05, 3.63) is 29.6 Å². The summed E-state index contributed by atoms with van der Waals surface area (Å²) in [7, 11) is 1.52. The zero-order valence-corrected chi connectivity index (χ0v) is 10.4. The van der Waals surface area contributed by atoms with Crippen molar-refractivity contribution >= 4 is 0 Å². The molecule has 1 atom stereocenters. The van der Waals surface area contributed by atoms with E-state index in [0.29, 0.717) is 11.8 Å². The fourth-order valence-electron chi connectivity index (χ4n) is 2.24. The molecule has 0 spiro atoms. The number of methoxy groups -OCH3 is 1. The van der Waals surface area contributed by atoms with Crippen LogP contribution in [0.5, 0.6) is 5.75 Å². The molecule has 3 nitrogen and oxygen atoms in total. The summed E-state index contributed by atoms with van der Waals surface area (Å²) >= 11 is 0. The van der Waals surface area contributed by atoms with Gasteiger partial charge >= 0.3 is 0 Å². The molecule has 0 amide bonds. The largest absolute Gasteiger partial charge is 0.493 e. The van der Waals surface area contributed by atoms with E-state index < -0.39 is 0 Å². The van der Waals surface area contributed by atoms with Gasteiger partial charge in [-0.1, -0.05) is 12.1 Å². The molecular weight excluding hydrogens is 219 g/mol. The van der Waals surface area contributed by atoms with Crippen LogP contribution in [0.2, 0.25) is 0 Å². The van der Waals surface area contributed by atoms with E-state index in [1.54, 1.807) is 6.07 Å². The van der Waals surface area contributed by atoms with E-state index >= 15 is 0 Å². The number of hydrogen-bond acceptors (Lipinski definition) is 3. The smallest absolute Gasteiger partial charge is 0.165 e. The lowest BCUT2D eigenvalue weighted by atomic mass is 10.1. The van der Waals surface area contributed by atoms with Crippen molar-refractivity contribution in [2.45, 2.75) is 19.5 Å². The van der Waals surface area contributed by atoms with E-state index in [9.17, 15) is 4.39 Å². The molecule has 94 valence electrons. The van der Waals surface area contributed by atoms with Crippen LogP contribution >= 0.6 is 0 Å². The summed E-state index contributed by atoms with van der Waals surface area (Å²) in [6.07, 6.45) is 0. The average Bonchev–Trinajstić information content (AvgIpc) is 2.32. The highest BCUT2D eigenvalue weighted by molar-refractivity contribution is 5.34. The minimum atomic E-state index is -0.284. The maximum atomic E-state index is 13.5. The number of para-hydroxylation sites is 1. The maximum Gasteiger partial charge on any atom is 0.165 e. The minimum absolute atomic E-state index is 0.284. The summed E-state index contributed by atoms with van der Waals surface area (Å²) in [5.41, 5.74) is 0.918. The van der Waals surface area contributed by atoms with Gasteiger partial charge in [0, 0.05) is 37.8 Å². The predicted octanol–water partition coefficient (Wildman–Crippen LogP) is 1.63. The molecule has 4 heteroatoms. The van der Waals surface area contributed by atoms with Gasteiger partial charge in [0.1, 0.15) is 0 Å². The Labute approximate surface area is 102 Å². The van der Waals surface area contributed by atoms with Crippen molar-refractivity contribution < 1.29 is 9.13 Å². The quantitative estimate of drug-likeness (QED) is 0.866. The highest BCUT2D eigenvalue weighted by atomic mass is 19.1. The van der Waals surface area contributed by atoms with E-state index in [-0.39, 0.29) is 5.82 Å². The number of ether oxygens (including phenoxy) is 1. The van der Waals surface area contributed by atoms with Crippen molar-refractivity contribution in [1.82, 2.24) is 10.2 Å². The molecule has 0 unspecified atom stereocenters. The molecule has 0 bridgehead atoms. The predicted molar refractivity (Wildman–Crippen MR) is 65.7 cm³/mol. The van der Waals surface area contributed by atoms with Crippen molar-refractivity contribution in [2.75, 3.05) is 26.7 Å². The first-order chi connectivity index (χ1) is 8.22. The van der Waals surface area contributed by atoms with Gasteiger partial charge in [0.05, 0.1) is 7.11 Å². The number of benzene rings is 1. The van der Waals surface area contributed by atoms with Crippen LogP contribution in [0.3, 0.4) is 0 Å². The second-order valence-corrected chi connectivity index (χ2v) is 4.46. The summed E-state index contributed by atoms with van der Waals surface area (Å²) < 4.78 is 18.7. The third kappa shape index (κ3) is 2.76. The van der Waals surface area contributed by atoms with Gasteiger partial charge in [-0.15, -0.1) is 0 Å². The van der Waals surface area contributed by atoms with Gasteiger partial charge in [0.25, 0.3) is 0 Å². The molecule has 1 saturated heterocycles.